The topological polar surface area (TPSA) is 141 Å². The zero-order chi connectivity index (χ0) is 36.9. The molecule has 3 heterocycles. The van der Waals surface area contributed by atoms with Crippen LogP contribution in [0.3, 0.4) is 0 Å². The molecule has 0 aromatic rings. The van der Waals surface area contributed by atoms with Crippen LogP contribution in [0, 0.1) is 17.8 Å². The van der Waals surface area contributed by atoms with Crippen LogP contribution in [0.25, 0.3) is 0 Å². The molecule has 3 rings (SSSR count). The second-order valence-corrected chi connectivity index (χ2v) is 16.7. The molecular weight excluding hydrogens is 628 g/mol. The Hall–Kier alpha value is -0.890. The number of likely N-dealkylation sites (tertiary alicyclic amines) is 1. The Kier molecular flexibility index (Phi) is 15.0. The third-order valence-electron chi connectivity index (χ3n) is 12.1. The number of hydrogen-bond acceptors (Lipinski definition) is 11. The first-order valence-corrected chi connectivity index (χ1v) is 19.1. The normalized spacial score (nSPS) is 46.1. The van der Waals surface area contributed by atoms with Crippen LogP contribution >= 0.6 is 0 Å². The van der Waals surface area contributed by atoms with Crippen LogP contribution in [-0.2, 0) is 23.7 Å². The van der Waals surface area contributed by atoms with Crippen molar-refractivity contribution < 1.29 is 44.2 Å². The third kappa shape index (κ3) is 9.96. The molecule has 0 saturated carbocycles. The Morgan fingerprint density at radius 1 is 0.939 bits per heavy atom. The summed E-state index contributed by atoms with van der Waals surface area (Å²) < 4.78 is 25.3. The Bertz CT molecular complexity index is 1040. The monoisotopic (exact) mass is 701 g/mol. The van der Waals surface area contributed by atoms with Crippen LogP contribution in [-0.4, -0.2) is 135 Å². The summed E-state index contributed by atoms with van der Waals surface area (Å²) >= 11 is 0. The van der Waals surface area contributed by atoms with Crippen LogP contribution in [0.1, 0.15) is 121 Å². The molecule has 4 N–H and O–H groups in total. The van der Waals surface area contributed by atoms with Gasteiger partial charge in [-0.3, -0.25) is 9.69 Å². The number of carbonyl (C=O) groups excluding carboxylic acids is 1. The van der Waals surface area contributed by atoms with Crippen LogP contribution in [0.4, 0.5) is 0 Å². The number of nitrogens with zero attached hydrogens (tertiary/aromatic N) is 2. The number of aliphatic hydroxyl groups excluding tert-OH is 1. The predicted molar refractivity (Wildman–Crippen MR) is 190 cm³/mol. The van der Waals surface area contributed by atoms with E-state index in [-0.39, 0.29) is 18.3 Å². The molecule has 13 atom stereocenters. The van der Waals surface area contributed by atoms with Crippen molar-refractivity contribution in [2.24, 2.45) is 17.8 Å². The largest absolute Gasteiger partial charge is 0.459 e. The van der Waals surface area contributed by atoms with Crippen molar-refractivity contribution in [3.8, 4) is 0 Å². The van der Waals surface area contributed by atoms with Gasteiger partial charge in [-0.25, -0.2) is 0 Å². The summed E-state index contributed by atoms with van der Waals surface area (Å²) in [5.41, 5.74) is -5.07. The summed E-state index contributed by atoms with van der Waals surface area (Å²) in [7, 11) is 1.61. The Balaban J connectivity index is 1.95. The number of carbonyl (C=O) groups is 1. The third-order valence-corrected chi connectivity index (χ3v) is 12.1. The number of cyclic esters (lactones) is 1. The highest BCUT2D eigenvalue weighted by Gasteiger charge is 2.58. The molecule has 0 bridgehead atoms. The van der Waals surface area contributed by atoms with Gasteiger partial charge in [0.2, 0.25) is 0 Å². The lowest BCUT2D eigenvalue weighted by atomic mass is 9.74. The molecule has 3 aliphatic heterocycles. The van der Waals surface area contributed by atoms with E-state index < -0.39 is 71.0 Å². The molecule has 0 spiro atoms. The average molecular weight is 701 g/mol. The van der Waals surface area contributed by atoms with Crippen molar-refractivity contribution in [1.82, 2.24) is 9.80 Å². The predicted octanol–water partition coefficient (Wildman–Crippen LogP) is 4.12. The summed E-state index contributed by atoms with van der Waals surface area (Å²) in [6.45, 7) is 22.4. The van der Waals surface area contributed by atoms with Crippen molar-refractivity contribution in [3.05, 3.63) is 0 Å². The van der Waals surface area contributed by atoms with Gasteiger partial charge in [0.25, 0.3) is 0 Å². The van der Waals surface area contributed by atoms with Crippen LogP contribution in [0.15, 0.2) is 0 Å². The second-order valence-electron chi connectivity index (χ2n) is 16.7. The number of piperidine rings is 1. The first kappa shape index (κ1) is 42.5. The first-order valence-electron chi connectivity index (χ1n) is 19.1. The number of hydrogen-bond donors (Lipinski definition) is 4. The Morgan fingerprint density at radius 3 is 2.14 bits per heavy atom. The summed E-state index contributed by atoms with van der Waals surface area (Å²) in [5.74, 6) is -1.57. The van der Waals surface area contributed by atoms with Crippen LogP contribution in [0.5, 0.6) is 0 Å². The van der Waals surface area contributed by atoms with Gasteiger partial charge in [0.1, 0.15) is 29.0 Å². The summed E-state index contributed by atoms with van der Waals surface area (Å²) in [4.78, 5) is 18.4. The van der Waals surface area contributed by atoms with E-state index in [4.69, 9.17) is 18.9 Å². The highest BCUT2D eigenvalue weighted by molar-refractivity contribution is 5.73. The SMILES string of the molecule is CCCN1CC(C)CC(C)(O)CC(C)C(O[C@H]2C[C@@](C)(OC)[C@](O)(CN3CCCCC3)[C@H](C)O2)C(C)C(=O)OC(CC)C(C)(O)C(O)C1C. The lowest BCUT2D eigenvalue weighted by Crippen LogP contribution is -2.70. The van der Waals surface area contributed by atoms with Crippen LogP contribution < -0.4 is 0 Å². The summed E-state index contributed by atoms with van der Waals surface area (Å²) in [5, 5.41) is 47.2. The number of β-amino-alcohol motifs (C(OH)–C–C–N with tert-alkyl or cyclic N) is 1. The minimum atomic E-state index is -1.71. The maximum atomic E-state index is 14.0. The van der Waals surface area contributed by atoms with Gasteiger partial charge < -0.3 is 44.3 Å². The first-order chi connectivity index (χ1) is 22.7. The molecule has 288 valence electrons. The molecule has 11 nitrogen and oxygen atoms in total. The standard InChI is InChI=1S/C38H72N2O9/c1-12-17-40-23-25(3)20-35(8,43)21-26(4)32(27(5)34(42)48-30(13-2)37(10,44)33(41)28(40)6)49-31-22-36(9,46-11)38(45,29(7)47-31)24-39-18-15-14-16-19-39/h25-33,41,43-45H,12-24H2,1-11H3/t25?,26?,27?,28?,29-,30?,31-,32?,33?,35?,36+,37?,38-/m0/s1. The zero-order valence-corrected chi connectivity index (χ0v) is 32.6. The highest BCUT2D eigenvalue weighted by Crippen LogP contribution is 2.43. The minimum absolute atomic E-state index is 0.0812. The van der Waals surface area contributed by atoms with Gasteiger partial charge in [0.15, 0.2) is 6.29 Å². The lowest BCUT2D eigenvalue weighted by Gasteiger charge is -2.54. The van der Waals surface area contributed by atoms with Gasteiger partial charge in [0.05, 0.1) is 23.7 Å². The molecule has 11 heteroatoms. The molecule has 0 aliphatic carbocycles. The fourth-order valence-corrected chi connectivity index (χ4v) is 9.06. The summed E-state index contributed by atoms with van der Waals surface area (Å²) in [6.07, 6.45) is 1.35. The minimum Gasteiger partial charge on any atom is -0.459 e. The number of esters is 1. The van der Waals surface area contributed by atoms with Gasteiger partial charge in [0, 0.05) is 32.7 Å². The van der Waals surface area contributed by atoms with Crippen molar-refractivity contribution >= 4 is 5.97 Å². The van der Waals surface area contributed by atoms with Crippen molar-refractivity contribution in [1.29, 1.82) is 0 Å². The number of rotatable bonds is 8. The van der Waals surface area contributed by atoms with Gasteiger partial charge in [-0.2, -0.15) is 0 Å². The fraction of sp³-hybridized carbons (Fsp3) is 0.974. The van der Waals surface area contributed by atoms with E-state index >= 15 is 0 Å². The van der Waals surface area contributed by atoms with Gasteiger partial charge in [-0.1, -0.05) is 34.1 Å². The van der Waals surface area contributed by atoms with Gasteiger partial charge in [-0.05, 0) is 112 Å². The van der Waals surface area contributed by atoms with Crippen molar-refractivity contribution in [2.75, 3.05) is 39.8 Å². The van der Waals surface area contributed by atoms with E-state index in [1.165, 1.54) is 6.42 Å². The molecule has 49 heavy (non-hydrogen) atoms. The van der Waals surface area contributed by atoms with Gasteiger partial charge in [-0.15, -0.1) is 0 Å². The van der Waals surface area contributed by atoms with Crippen molar-refractivity contribution in [3.63, 3.8) is 0 Å². The molecular formula is C38H72N2O9. The molecule has 3 fully saturated rings. The molecule has 0 radical (unpaired) electrons. The van der Waals surface area contributed by atoms with E-state index in [2.05, 4.69) is 23.6 Å². The second kappa shape index (κ2) is 17.3. The molecule has 9 unspecified atom stereocenters. The quantitative estimate of drug-likeness (QED) is 0.272. The van der Waals surface area contributed by atoms with E-state index in [0.29, 0.717) is 38.9 Å². The lowest BCUT2D eigenvalue weighted by molar-refractivity contribution is -0.332. The highest BCUT2D eigenvalue weighted by atomic mass is 16.7. The average Bonchev–Trinajstić information content (AvgIpc) is 3.03. The number of methoxy groups -OCH3 is 1. The number of ether oxygens (including phenoxy) is 4. The maximum Gasteiger partial charge on any atom is 0.311 e. The molecule has 3 aliphatic rings. The van der Waals surface area contributed by atoms with E-state index in [9.17, 15) is 25.2 Å². The van der Waals surface area contributed by atoms with Gasteiger partial charge >= 0.3 is 5.97 Å². The fourth-order valence-electron chi connectivity index (χ4n) is 9.06. The zero-order valence-electron chi connectivity index (χ0n) is 32.6. The maximum absolute atomic E-state index is 14.0. The van der Waals surface area contributed by atoms with E-state index in [0.717, 1.165) is 32.4 Å². The van der Waals surface area contributed by atoms with E-state index in [1.54, 1.807) is 21.0 Å². The number of aliphatic hydroxyl groups is 4. The van der Waals surface area contributed by atoms with Crippen molar-refractivity contribution in [2.45, 2.75) is 180 Å². The Morgan fingerprint density at radius 2 is 1.57 bits per heavy atom. The smallest absolute Gasteiger partial charge is 0.311 e. The molecule has 0 amide bonds. The summed E-state index contributed by atoms with van der Waals surface area (Å²) in [6, 6.07) is -0.415. The molecule has 0 aromatic heterocycles. The van der Waals surface area contributed by atoms with E-state index in [1.807, 2.05) is 41.5 Å². The van der Waals surface area contributed by atoms with Crippen LogP contribution in [0.2, 0.25) is 0 Å². The Labute approximate surface area is 297 Å². The molecule has 3 saturated heterocycles. The molecule has 0 aromatic carbocycles.